The molecular weight excluding hydrogens is 396 g/mol. The van der Waals surface area contributed by atoms with E-state index in [9.17, 15) is 9.59 Å². The van der Waals surface area contributed by atoms with Gasteiger partial charge in [0.05, 0.1) is 14.4 Å². The number of nitrogens with one attached hydrogen (secondary N) is 2. The number of fused-ring (bicyclic) bond motifs is 1. The predicted octanol–water partition coefficient (Wildman–Crippen LogP) is 3.55. The summed E-state index contributed by atoms with van der Waals surface area (Å²) >= 11 is 6.10. The van der Waals surface area contributed by atoms with E-state index in [0.717, 1.165) is 21.5 Å². The van der Waals surface area contributed by atoms with Crippen LogP contribution in [0.4, 0.5) is 0 Å². The van der Waals surface area contributed by atoms with Crippen LogP contribution in [-0.2, 0) is 17.6 Å². The Kier molecular flexibility index (Phi) is 5.40. The summed E-state index contributed by atoms with van der Waals surface area (Å²) in [5.41, 5.74) is 7.69. The minimum Gasteiger partial charge on any atom is -0.272 e. The summed E-state index contributed by atoms with van der Waals surface area (Å²) in [4.78, 5) is 25.3. The SMILES string of the molecule is O=C(CSc1ccc2c(c1)CCC2)NNC(=O)c1ccc(Br)s1. The van der Waals surface area contributed by atoms with E-state index < -0.39 is 0 Å². The van der Waals surface area contributed by atoms with E-state index in [0.29, 0.717) is 4.88 Å². The Balaban J connectivity index is 1.45. The van der Waals surface area contributed by atoms with Crippen LogP contribution in [0.2, 0.25) is 0 Å². The number of thiophene rings is 1. The van der Waals surface area contributed by atoms with Gasteiger partial charge in [0.15, 0.2) is 0 Å². The number of rotatable bonds is 4. The van der Waals surface area contributed by atoms with Gasteiger partial charge in [-0.25, -0.2) is 0 Å². The van der Waals surface area contributed by atoms with E-state index in [1.807, 2.05) is 0 Å². The molecule has 0 fully saturated rings. The molecule has 4 nitrogen and oxygen atoms in total. The molecule has 2 N–H and O–H groups in total. The number of aryl methyl sites for hydroxylation is 2. The van der Waals surface area contributed by atoms with E-state index >= 15 is 0 Å². The third kappa shape index (κ3) is 4.37. The smallest absolute Gasteiger partial charge is 0.272 e. The Labute approximate surface area is 151 Å². The van der Waals surface area contributed by atoms with Crippen molar-refractivity contribution in [2.45, 2.75) is 24.2 Å². The topological polar surface area (TPSA) is 58.2 Å². The molecule has 120 valence electrons. The number of thioether (sulfide) groups is 1. The largest absolute Gasteiger partial charge is 0.279 e. The molecule has 0 spiro atoms. The molecule has 0 saturated carbocycles. The molecule has 2 amide bonds. The fourth-order valence-corrected chi connectivity index (χ4v) is 4.49. The zero-order chi connectivity index (χ0) is 16.2. The van der Waals surface area contributed by atoms with Crippen molar-refractivity contribution < 1.29 is 9.59 Å². The Morgan fingerprint density at radius 2 is 1.96 bits per heavy atom. The summed E-state index contributed by atoms with van der Waals surface area (Å²) in [5, 5.41) is 0. The Bertz CT molecular complexity index is 745. The van der Waals surface area contributed by atoms with Gasteiger partial charge in [-0.2, -0.15) is 0 Å². The number of hydrazine groups is 1. The Morgan fingerprint density at radius 3 is 2.74 bits per heavy atom. The molecule has 0 saturated heterocycles. The van der Waals surface area contributed by atoms with Crippen LogP contribution >= 0.6 is 39.0 Å². The second kappa shape index (κ2) is 7.51. The highest BCUT2D eigenvalue weighted by Crippen LogP contribution is 2.27. The monoisotopic (exact) mass is 410 g/mol. The second-order valence-corrected chi connectivity index (χ2v) is 8.69. The van der Waals surface area contributed by atoms with Gasteiger partial charge in [-0.15, -0.1) is 23.1 Å². The van der Waals surface area contributed by atoms with E-state index in [-0.39, 0.29) is 17.6 Å². The molecule has 1 aromatic carbocycles. The maximum Gasteiger partial charge on any atom is 0.279 e. The van der Waals surface area contributed by atoms with Crippen molar-refractivity contribution in [1.82, 2.24) is 10.9 Å². The first-order valence-electron chi connectivity index (χ1n) is 7.21. The molecule has 7 heteroatoms. The van der Waals surface area contributed by atoms with Crippen LogP contribution in [0.1, 0.15) is 27.2 Å². The molecular formula is C16H15BrN2O2S2. The molecule has 0 atom stereocenters. The van der Waals surface area contributed by atoms with Gasteiger partial charge in [-0.3, -0.25) is 20.4 Å². The number of carbonyl (C=O) groups excluding carboxylic acids is 2. The number of benzene rings is 1. The lowest BCUT2D eigenvalue weighted by molar-refractivity contribution is -0.119. The summed E-state index contributed by atoms with van der Waals surface area (Å²) < 4.78 is 0.876. The number of amides is 2. The lowest BCUT2D eigenvalue weighted by Crippen LogP contribution is -2.42. The molecule has 1 heterocycles. The van der Waals surface area contributed by atoms with E-state index in [2.05, 4.69) is 45.0 Å². The first-order chi connectivity index (χ1) is 11.1. The van der Waals surface area contributed by atoms with Gasteiger partial charge in [0.2, 0.25) is 5.91 Å². The van der Waals surface area contributed by atoms with Crippen molar-refractivity contribution >= 4 is 50.8 Å². The molecule has 0 bridgehead atoms. The van der Waals surface area contributed by atoms with Crippen LogP contribution in [0, 0.1) is 0 Å². The number of hydrogen-bond acceptors (Lipinski definition) is 4. The average Bonchev–Trinajstić information content (AvgIpc) is 3.18. The van der Waals surface area contributed by atoms with Gasteiger partial charge < -0.3 is 0 Å². The molecule has 0 radical (unpaired) electrons. The lowest BCUT2D eigenvalue weighted by atomic mass is 10.1. The quantitative estimate of drug-likeness (QED) is 0.598. The minimum atomic E-state index is -0.309. The van der Waals surface area contributed by atoms with E-state index in [1.54, 1.807) is 12.1 Å². The fourth-order valence-electron chi connectivity index (χ4n) is 2.45. The van der Waals surface area contributed by atoms with Gasteiger partial charge in [0.1, 0.15) is 0 Å². The summed E-state index contributed by atoms with van der Waals surface area (Å²) in [7, 11) is 0. The summed E-state index contributed by atoms with van der Waals surface area (Å²) in [6, 6.07) is 9.88. The van der Waals surface area contributed by atoms with Gasteiger partial charge in [0.25, 0.3) is 5.91 Å². The van der Waals surface area contributed by atoms with E-state index in [1.165, 1.54) is 40.6 Å². The van der Waals surface area contributed by atoms with Crippen LogP contribution in [0.5, 0.6) is 0 Å². The van der Waals surface area contributed by atoms with Crippen LogP contribution in [0.3, 0.4) is 0 Å². The normalized spacial score (nSPS) is 12.7. The van der Waals surface area contributed by atoms with Crippen molar-refractivity contribution in [3.8, 4) is 0 Å². The van der Waals surface area contributed by atoms with Crippen molar-refractivity contribution in [1.29, 1.82) is 0 Å². The predicted molar refractivity (Wildman–Crippen MR) is 96.8 cm³/mol. The zero-order valence-corrected chi connectivity index (χ0v) is 15.4. The lowest BCUT2D eigenvalue weighted by Gasteiger charge is -2.07. The zero-order valence-electron chi connectivity index (χ0n) is 12.2. The van der Waals surface area contributed by atoms with Crippen molar-refractivity contribution in [3.63, 3.8) is 0 Å². The van der Waals surface area contributed by atoms with Crippen molar-refractivity contribution in [2.75, 3.05) is 5.75 Å². The van der Waals surface area contributed by atoms with Crippen molar-refractivity contribution in [3.05, 3.63) is 50.1 Å². The number of hydrogen-bond donors (Lipinski definition) is 2. The van der Waals surface area contributed by atoms with Crippen LogP contribution in [0.15, 0.2) is 39.0 Å². The molecule has 23 heavy (non-hydrogen) atoms. The minimum absolute atomic E-state index is 0.223. The average molecular weight is 411 g/mol. The molecule has 2 aromatic rings. The molecule has 3 rings (SSSR count). The number of carbonyl (C=O) groups is 2. The number of halogens is 1. The van der Waals surface area contributed by atoms with Gasteiger partial charge in [-0.1, -0.05) is 6.07 Å². The fraction of sp³-hybridized carbons (Fsp3) is 0.250. The molecule has 0 unspecified atom stereocenters. The third-order valence-electron chi connectivity index (χ3n) is 3.55. The summed E-state index contributed by atoms with van der Waals surface area (Å²) in [5.74, 6) is -0.260. The first-order valence-corrected chi connectivity index (χ1v) is 9.80. The van der Waals surface area contributed by atoms with Gasteiger partial charge in [-0.05, 0) is 70.6 Å². The van der Waals surface area contributed by atoms with E-state index in [4.69, 9.17) is 0 Å². The van der Waals surface area contributed by atoms with Crippen molar-refractivity contribution in [2.24, 2.45) is 0 Å². The van der Waals surface area contributed by atoms with Crippen LogP contribution in [0.25, 0.3) is 0 Å². The van der Waals surface area contributed by atoms with Gasteiger partial charge >= 0.3 is 0 Å². The van der Waals surface area contributed by atoms with Crippen LogP contribution in [-0.4, -0.2) is 17.6 Å². The third-order valence-corrected chi connectivity index (χ3v) is 6.17. The molecule has 1 aliphatic carbocycles. The summed E-state index contributed by atoms with van der Waals surface area (Å²) in [6.07, 6.45) is 3.50. The highest BCUT2D eigenvalue weighted by atomic mass is 79.9. The second-order valence-electron chi connectivity index (χ2n) is 5.18. The molecule has 1 aromatic heterocycles. The summed E-state index contributed by atoms with van der Waals surface area (Å²) in [6.45, 7) is 0. The highest BCUT2D eigenvalue weighted by Gasteiger charge is 2.12. The Hall–Kier alpha value is -1.31. The van der Waals surface area contributed by atoms with Gasteiger partial charge in [0, 0.05) is 4.90 Å². The maximum absolute atomic E-state index is 11.8. The molecule has 1 aliphatic rings. The maximum atomic E-state index is 11.8. The van der Waals surface area contributed by atoms with Crippen LogP contribution < -0.4 is 10.9 Å². The Morgan fingerprint density at radius 1 is 1.13 bits per heavy atom. The highest BCUT2D eigenvalue weighted by molar-refractivity contribution is 9.11. The standard InChI is InChI=1S/C16H15BrN2O2S2/c17-14-7-6-13(23-14)16(21)19-18-15(20)9-22-12-5-4-10-2-1-3-11(10)8-12/h4-8H,1-3,9H2,(H,18,20)(H,19,21). The molecule has 0 aliphatic heterocycles. The first kappa shape index (κ1) is 16.5.